The molecule has 1 aliphatic rings. The van der Waals surface area contributed by atoms with Gasteiger partial charge in [0.05, 0.1) is 17.7 Å². The van der Waals surface area contributed by atoms with Crippen LogP contribution in [0, 0.1) is 5.92 Å². The summed E-state index contributed by atoms with van der Waals surface area (Å²) in [6.07, 6.45) is 0.667. The number of carbonyl (C=O) groups is 4. The Bertz CT molecular complexity index is 585. The number of carbonyl (C=O) groups excluding carboxylic acids is 4. The summed E-state index contributed by atoms with van der Waals surface area (Å²) in [7, 11) is 0. The highest BCUT2D eigenvalue weighted by molar-refractivity contribution is 6.22. The van der Waals surface area contributed by atoms with Crippen LogP contribution in [0.5, 0.6) is 0 Å². The van der Waals surface area contributed by atoms with Crippen LogP contribution in [-0.2, 0) is 9.59 Å². The van der Waals surface area contributed by atoms with Gasteiger partial charge in [0.2, 0.25) is 0 Å². The molecule has 0 bridgehead atoms. The molecule has 1 atom stereocenters. The van der Waals surface area contributed by atoms with Gasteiger partial charge < -0.3 is 4.79 Å². The molecule has 5 heteroatoms. The van der Waals surface area contributed by atoms with Crippen molar-refractivity contribution in [2.45, 2.75) is 26.7 Å². The Morgan fingerprint density at radius 3 is 2.05 bits per heavy atom. The first-order valence-electron chi connectivity index (χ1n) is 6.93. The van der Waals surface area contributed by atoms with Crippen molar-refractivity contribution >= 4 is 23.4 Å². The van der Waals surface area contributed by atoms with Crippen molar-refractivity contribution in [3.63, 3.8) is 0 Å². The first kappa shape index (κ1) is 15.1. The molecule has 21 heavy (non-hydrogen) atoms. The molecule has 0 aromatic heterocycles. The quantitative estimate of drug-likeness (QED) is 0.749. The van der Waals surface area contributed by atoms with E-state index in [-0.39, 0.29) is 24.5 Å². The van der Waals surface area contributed by atoms with Crippen molar-refractivity contribution in [3.05, 3.63) is 35.4 Å². The number of benzene rings is 1. The summed E-state index contributed by atoms with van der Waals surface area (Å²) in [4.78, 5) is 48.7. The summed E-state index contributed by atoms with van der Waals surface area (Å²) in [6.45, 7) is 2.98. The molecule has 1 aromatic carbocycles. The van der Waals surface area contributed by atoms with Crippen LogP contribution in [-0.4, -0.2) is 34.8 Å². The van der Waals surface area contributed by atoms with Crippen molar-refractivity contribution < 1.29 is 19.2 Å². The summed E-state index contributed by atoms with van der Waals surface area (Å²) in [6, 6.07) is 6.51. The van der Waals surface area contributed by atoms with Gasteiger partial charge in [-0.05, 0) is 25.5 Å². The summed E-state index contributed by atoms with van der Waals surface area (Å²) in [5.41, 5.74) is 0.657. The van der Waals surface area contributed by atoms with Crippen molar-refractivity contribution in [2.75, 3.05) is 6.54 Å². The largest absolute Gasteiger partial charge is 0.300 e. The van der Waals surface area contributed by atoms with Crippen molar-refractivity contribution in [3.8, 4) is 0 Å². The van der Waals surface area contributed by atoms with E-state index in [0.717, 1.165) is 4.90 Å². The zero-order valence-electron chi connectivity index (χ0n) is 12.1. The van der Waals surface area contributed by atoms with Gasteiger partial charge in [-0.2, -0.15) is 0 Å². The first-order valence-corrected chi connectivity index (χ1v) is 6.93. The SMILES string of the molecule is CCC(CC(C)=O)C(=O)CN1C(=O)c2ccccc2C1=O. The number of Topliss-reactive ketones (excluding diaryl/α,β-unsaturated/α-hetero) is 2. The van der Waals surface area contributed by atoms with E-state index in [1.165, 1.54) is 6.92 Å². The molecule has 0 aliphatic carbocycles. The van der Waals surface area contributed by atoms with Gasteiger partial charge in [-0.15, -0.1) is 0 Å². The number of amides is 2. The lowest BCUT2D eigenvalue weighted by atomic mass is 9.95. The molecule has 0 radical (unpaired) electrons. The van der Waals surface area contributed by atoms with Crippen molar-refractivity contribution in [1.82, 2.24) is 4.90 Å². The number of hydrogen-bond acceptors (Lipinski definition) is 4. The number of imide groups is 1. The first-order chi connectivity index (χ1) is 9.95. The predicted molar refractivity (Wildman–Crippen MR) is 75.9 cm³/mol. The van der Waals surface area contributed by atoms with Gasteiger partial charge in [0.1, 0.15) is 5.78 Å². The third kappa shape index (κ3) is 2.91. The monoisotopic (exact) mass is 287 g/mol. The third-order valence-electron chi connectivity index (χ3n) is 3.67. The van der Waals surface area contributed by atoms with E-state index in [9.17, 15) is 19.2 Å². The average Bonchev–Trinajstić information content (AvgIpc) is 2.70. The lowest BCUT2D eigenvalue weighted by Gasteiger charge is -2.17. The molecule has 0 N–H and O–H groups in total. The molecule has 1 aromatic rings. The molecule has 2 amide bonds. The van der Waals surface area contributed by atoms with Gasteiger partial charge >= 0.3 is 0 Å². The van der Waals surface area contributed by atoms with Gasteiger partial charge in [0.25, 0.3) is 11.8 Å². The second-order valence-electron chi connectivity index (χ2n) is 5.22. The maximum Gasteiger partial charge on any atom is 0.261 e. The van der Waals surface area contributed by atoms with E-state index >= 15 is 0 Å². The number of nitrogens with zero attached hydrogens (tertiary/aromatic N) is 1. The highest BCUT2D eigenvalue weighted by Gasteiger charge is 2.37. The summed E-state index contributed by atoms with van der Waals surface area (Å²) >= 11 is 0. The highest BCUT2D eigenvalue weighted by Crippen LogP contribution is 2.23. The minimum absolute atomic E-state index is 0.0717. The molecular weight excluding hydrogens is 270 g/mol. The van der Waals surface area contributed by atoms with Crippen LogP contribution in [0.15, 0.2) is 24.3 Å². The molecule has 1 unspecified atom stereocenters. The normalized spacial score (nSPS) is 15.0. The van der Waals surface area contributed by atoms with E-state index in [2.05, 4.69) is 0 Å². The Balaban J connectivity index is 2.14. The Labute approximate surface area is 122 Å². The van der Waals surface area contributed by atoms with Gasteiger partial charge in [0.15, 0.2) is 5.78 Å². The predicted octanol–water partition coefficient (Wildman–Crippen LogP) is 1.86. The number of ketones is 2. The van der Waals surface area contributed by atoms with Crippen LogP contribution < -0.4 is 0 Å². The minimum Gasteiger partial charge on any atom is -0.300 e. The number of fused-ring (bicyclic) bond motifs is 1. The third-order valence-corrected chi connectivity index (χ3v) is 3.67. The maximum absolute atomic E-state index is 12.2. The number of hydrogen-bond donors (Lipinski definition) is 0. The summed E-state index contributed by atoms with van der Waals surface area (Å²) < 4.78 is 0. The smallest absolute Gasteiger partial charge is 0.261 e. The lowest BCUT2D eigenvalue weighted by Crippen LogP contribution is -2.37. The van der Waals surface area contributed by atoms with Crippen LogP contribution in [0.3, 0.4) is 0 Å². The van der Waals surface area contributed by atoms with Gasteiger partial charge in [0, 0.05) is 12.3 Å². The molecular formula is C16H17NO4. The second kappa shape index (κ2) is 5.99. The van der Waals surface area contributed by atoms with Crippen LogP contribution in [0.1, 0.15) is 47.4 Å². The molecule has 0 spiro atoms. The Morgan fingerprint density at radius 2 is 1.62 bits per heavy atom. The molecule has 1 aliphatic heterocycles. The zero-order valence-corrected chi connectivity index (χ0v) is 12.1. The molecule has 0 fully saturated rings. The molecule has 5 nitrogen and oxygen atoms in total. The topological polar surface area (TPSA) is 71.5 Å². The molecule has 110 valence electrons. The van der Waals surface area contributed by atoms with E-state index in [4.69, 9.17) is 0 Å². The van der Waals surface area contributed by atoms with Gasteiger partial charge in [-0.25, -0.2) is 0 Å². The lowest BCUT2D eigenvalue weighted by molar-refractivity contribution is -0.127. The Kier molecular flexibility index (Phi) is 4.31. The maximum atomic E-state index is 12.2. The molecule has 0 saturated carbocycles. The fourth-order valence-electron chi connectivity index (χ4n) is 2.50. The van der Waals surface area contributed by atoms with E-state index < -0.39 is 17.7 Å². The minimum atomic E-state index is -0.443. The molecule has 0 saturated heterocycles. The summed E-state index contributed by atoms with van der Waals surface area (Å²) in [5.74, 6) is -1.64. The fourth-order valence-corrected chi connectivity index (χ4v) is 2.50. The van der Waals surface area contributed by atoms with E-state index in [0.29, 0.717) is 17.5 Å². The van der Waals surface area contributed by atoms with Gasteiger partial charge in [-0.1, -0.05) is 19.1 Å². The van der Waals surface area contributed by atoms with E-state index in [1.54, 1.807) is 24.3 Å². The van der Waals surface area contributed by atoms with Crippen LogP contribution in [0.2, 0.25) is 0 Å². The number of rotatable bonds is 6. The molecule has 2 rings (SSSR count). The van der Waals surface area contributed by atoms with Gasteiger partial charge in [-0.3, -0.25) is 19.3 Å². The van der Waals surface area contributed by atoms with Crippen LogP contribution in [0.25, 0.3) is 0 Å². The second-order valence-corrected chi connectivity index (χ2v) is 5.22. The van der Waals surface area contributed by atoms with Crippen molar-refractivity contribution in [2.24, 2.45) is 5.92 Å². The Morgan fingerprint density at radius 1 is 1.10 bits per heavy atom. The fraction of sp³-hybridized carbons (Fsp3) is 0.375. The highest BCUT2D eigenvalue weighted by atomic mass is 16.2. The van der Waals surface area contributed by atoms with E-state index in [1.807, 2.05) is 6.92 Å². The van der Waals surface area contributed by atoms with Crippen LogP contribution in [0.4, 0.5) is 0 Å². The average molecular weight is 287 g/mol. The summed E-state index contributed by atoms with van der Waals surface area (Å²) in [5, 5.41) is 0. The Hall–Kier alpha value is -2.30. The zero-order chi connectivity index (χ0) is 15.6. The standard InChI is InChI=1S/C16H17NO4/c1-3-11(8-10(2)18)14(19)9-17-15(20)12-6-4-5-7-13(12)16(17)21/h4-7,11H,3,8-9H2,1-2H3. The van der Waals surface area contributed by atoms with Crippen molar-refractivity contribution in [1.29, 1.82) is 0 Å². The van der Waals surface area contributed by atoms with Crippen LogP contribution >= 0.6 is 0 Å². The molecule has 1 heterocycles.